The monoisotopic (exact) mass is 483 g/mol. The highest BCUT2D eigenvalue weighted by Gasteiger charge is 2.26. The number of hydrogen-bond acceptors (Lipinski definition) is 6. The van der Waals surface area contributed by atoms with Gasteiger partial charge in [-0.05, 0) is 59.3 Å². The second-order valence-corrected chi connectivity index (χ2v) is 8.44. The molecule has 9 heteroatoms. The molecular formula is C27H26FN7O. The summed E-state index contributed by atoms with van der Waals surface area (Å²) in [5.74, 6) is 0.299. The molecule has 0 aliphatic rings. The minimum atomic E-state index is -0.415. The molecule has 0 fully saturated rings. The predicted octanol–water partition coefficient (Wildman–Crippen LogP) is 4.48. The number of tetrazole rings is 1. The van der Waals surface area contributed by atoms with Gasteiger partial charge in [-0.3, -0.25) is 5.10 Å². The third-order valence-corrected chi connectivity index (χ3v) is 5.85. The number of nitrogens with zero attached hydrogens (tertiary/aromatic N) is 5. The van der Waals surface area contributed by atoms with Crippen molar-refractivity contribution in [2.75, 3.05) is 6.54 Å². The molecule has 182 valence electrons. The number of halogens is 1. The van der Waals surface area contributed by atoms with E-state index in [2.05, 4.69) is 31.0 Å². The number of ether oxygens (including phenoxy) is 1. The van der Waals surface area contributed by atoms with Crippen LogP contribution in [-0.4, -0.2) is 43.1 Å². The predicted molar refractivity (Wildman–Crippen MR) is 134 cm³/mol. The highest BCUT2D eigenvalue weighted by Crippen LogP contribution is 2.30. The maximum atomic E-state index is 13.6. The zero-order valence-electron chi connectivity index (χ0n) is 19.8. The quantitative estimate of drug-likeness (QED) is 0.304. The maximum absolute atomic E-state index is 13.6. The minimum Gasteiger partial charge on any atom is -0.373 e. The van der Waals surface area contributed by atoms with Crippen molar-refractivity contribution in [2.24, 2.45) is 0 Å². The molecule has 36 heavy (non-hydrogen) atoms. The molecule has 2 unspecified atom stereocenters. The molecule has 0 amide bonds. The molecule has 0 bridgehead atoms. The lowest BCUT2D eigenvalue weighted by Crippen LogP contribution is -2.32. The number of hydrogen-bond donors (Lipinski definition) is 2. The highest BCUT2D eigenvalue weighted by atomic mass is 19.1. The summed E-state index contributed by atoms with van der Waals surface area (Å²) in [5.41, 5.74) is 4.35. The van der Waals surface area contributed by atoms with Crippen LogP contribution >= 0.6 is 0 Å². The standard InChI is InChI=1S/C27H26FN7O/c1-19(36-18-20-8-4-2-5-9-20)16-29-26(27-32-33-34-35(27)23-10-6-3-7-11-23)24-17-30-31-25(24)21-12-14-22(28)15-13-21/h2-15,17,19,26,29H,16,18H2,1H3,(H,30,31). The van der Waals surface area contributed by atoms with E-state index >= 15 is 0 Å². The minimum absolute atomic E-state index is 0.0880. The zero-order chi connectivity index (χ0) is 24.7. The van der Waals surface area contributed by atoms with Crippen LogP contribution in [0.15, 0.2) is 91.1 Å². The van der Waals surface area contributed by atoms with Crippen LogP contribution in [0.3, 0.4) is 0 Å². The third-order valence-electron chi connectivity index (χ3n) is 5.85. The first-order valence-electron chi connectivity index (χ1n) is 11.7. The van der Waals surface area contributed by atoms with Gasteiger partial charge in [0.2, 0.25) is 0 Å². The Kier molecular flexibility index (Phi) is 7.20. The molecule has 0 aliphatic carbocycles. The second kappa shape index (κ2) is 11.0. The van der Waals surface area contributed by atoms with Gasteiger partial charge in [0, 0.05) is 17.7 Å². The van der Waals surface area contributed by atoms with Gasteiger partial charge in [-0.25, -0.2) is 4.39 Å². The lowest BCUT2D eigenvalue weighted by atomic mass is 10.0. The van der Waals surface area contributed by atoms with Crippen LogP contribution in [0.4, 0.5) is 4.39 Å². The van der Waals surface area contributed by atoms with Crippen molar-refractivity contribution in [3.05, 3.63) is 114 Å². The fraction of sp³-hybridized carbons (Fsp3) is 0.185. The van der Waals surface area contributed by atoms with Gasteiger partial charge in [0.15, 0.2) is 5.82 Å². The Morgan fingerprint density at radius 1 is 0.972 bits per heavy atom. The molecule has 3 aromatic carbocycles. The summed E-state index contributed by atoms with van der Waals surface area (Å²) < 4.78 is 21.3. The Balaban J connectivity index is 1.43. The summed E-state index contributed by atoms with van der Waals surface area (Å²) in [7, 11) is 0. The van der Waals surface area contributed by atoms with Crippen LogP contribution in [0.25, 0.3) is 16.9 Å². The number of rotatable bonds is 10. The summed E-state index contributed by atoms with van der Waals surface area (Å²) in [6.07, 6.45) is 1.66. The van der Waals surface area contributed by atoms with Crippen molar-refractivity contribution in [1.29, 1.82) is 0 Å². The first kappa shape index (κ1) is 23.5. The van der Waals surface area contributed by atoms with Crippen LogP contribution in [0.2, 0.25) is 0 Å². The topological polar surface area (TPSA) is 93.5 Å². The number of aromatic amines is 1. The normalized spacial score (nSPS) is 12.9. The van der Waals surface area contributed by atoms with Crippen molar-refractivity contribution in [2.45, 2.75) is 25.7 Å². The second-order valence-electron chi connectivity index (χ2n) is 8.44. The van der Waals surface area contributed by atoms with Crippen LogP contribution in [0, 0.1) is 5.82 Å². The van der Waals surface area contributed by atoms with Crippen molar-refractivity contribution in [3.63, 3.8) is 0 Å². The average Bonchev–Trinajstić information content (AvgIpc) is 3.60. The van der Waals surface area contributed by atoms with E-state index in [0.29, 0.717) is 19.0 Å². The van der Waals surface area contributed by atoms with E-state index in [4.69, 9.17) is 4.74 Å². The molecule has 0 radical (unpaired) electrons. The van der Waals surface area contributed by atoms with Crippen LogP contribution in [0.1, 0.15) is 29.9 Å². The first-order valence-corrected chi connectivity index (χ1v) is 11.7. The first-order chi connectivity index (χ1) is 17.7. The number of para-hydroxylation sites is 1. The van der Waals surface area contributed by atoms with E-state index in [9.17, 15) is 4.39 Å². The van der Waals surface area contributed by atoms with Gasteiger partial charge in [-0.1, -0.05) is 48.5 Å². The molecule has 0 saturated carbocycles. The number of H-pyrrole nitrogens is 1. The summed E-state index contributed by atoms with van der Waals surface area (Å²) in [5, 5.41) is 23.5. The Labute approximate surface area is 208 Å². The van der Waals surface area contributed by atoms with Gasteiger partial charge >= 0.3 is 0 Å². The van der Waals surface area contributed by atoms with Crippen molar-refractivity contribution >= 4 is 0 Å². The lowest BCUT2D eigenvalue weighted by molar-refractivity contribution is 0.0519. The van der Waals surface area contributed by atoms with Crippen molar-refractivity contribution in [3.8, 4) is 16.9 Å². The van der Waals surface area contributed by atoms with E-state index in [1.807, 2.05) is 67.6 Å². The van der Waals surface area contributed by atoms with Crippen molar-refractivity contribution in [1.82, 2.24) is 35.7 Å². The number of nitrogens with one attached hydrogen (secondary N) is 2. The van der Waals surface area contributed by atoms with E-state index in [1.165, 1.54) is 12.1 Å². The summed E-state index contributed by atoms with van der Waals surface area (Å²) in [4.78, 5) is 0. The molecule has 2 aromatic heterocycles. The third kappa shape index (κ3) is 5.37. The summed E-state index contributed by atoms with van der Waals surface area (Å²) in [6, 6.07) is 25.6. The SMILES string of the molecule is CC(CNC(c1cn[nH]c1-c1ccc(F)cc1)c1nnnn1-c1ccccc1)OCc1ccccc1. The largest absolute Gasteiger partial charge is 0.373 e. The fourth-order valence-electron chi connectivity index (χ4n) is 3.99. The zero-order valence-corrected chi connectivity index (χ0v) is 19.8. The van der Waals surface area contributed by atoms with E-state index in [0.717, 1.165) is 28.1 Å². The average molecular weight is 484 g/mol. The molecule has 2 atom stereocenters. The van der Waals surface area contributed by atoms with Gasteiger partial charge in [-0.2, -0.15) is 9.78 Å². The summed E-state index contributed by atoms with van der Waals surface area (Å²) >= 11 is 0. The number of aromatic nitrogens is 6. The van der Waals surface area contributed by atoms with Crippen molar-refractivity contribution < 1.29 is 9.13 Å². The van der Waals surface area contributed by atoms with Gasteiger partial charge in [0.05, 0.1) is 36.3 Å². The van der Waals surface area contributed by atoms with Crippen LogP contribution < -0.4 is 5.32 Å². The molecule has 5 aromatic rings. The fourth-order valence-corrected chi connectivity index (χ4v) is 3.99. The van der Waals surface area contributed by atoms with E-state index < -0.39 is 6.04 Å². The van der Waals surface area contributed by atoms with Gasteiger partial charge < -0.3 is 10.1 Å². The van der Waals surface area contributed by atoms with E-state index in [-0.39, 0.29) is 11.9 Å². The molecule has 0 saturated heterocycles. The Morgan fingerprint density at radius 3 is 2.44 bits per heavy atom. The molecule has 5 rings (SSSR count). The maximum Gasteiger partial charge on any atom is 0.178 e. The van der Waals surface area contributed by atoms with Crippen LogP contribution in [0.5, 0.6) is 0 Å². The Bertz CT molecular complexity index is 1370. The molecule has 0 spiro atoms. The smallest absolute Gasteiger partial charge is 0.178 e. The lowest BCUT2D eigenvalue weighted by Gasteiger charge is -2.21. The Morgan fingerprint density at radius 2 is 1.69 bits per heavy atom. The molecular weight excluding hydrogens is 457 g/mol. The van der Waals surface area contributed by atoms with E-state index in [1.54, 1.807) is 23.0 Å². The van der Waals surface area contributed by atoms with Gasteiger partial charge in [0.25, 0.3) is 0 Å². The molecule has 0 aliphatic heterocycles. The molecule has 8 nitrogen and oxygen atoms in total. The van der Waals surface area contributed by atoms with Gasteiger partial charge in [0.1, 0.15) is 5.82 Å². The summed E-state index contributed by atoms with van der Waals surface area (Å²) in [6.45, 7) is 3.07. The number of benzene rings is 3. The molecule has 2 heterocycles. The Hall–Kier alpha value is -4.21. The van der Waals surface area contributed by atoms with Crippen LogP contribution in [-0.2, 0) is 11.3 Å². The molecule has 2 N–H and O–H groups in total. The van der Waals surface area contributed by atoms with Gasteiger partial charge in [-0.15, -0.1) is 5.10 Å². The highest BCUT2D eigenvalue weighted by molar-refractivity contribution is 5.64.